The highest BCUT2D eigenvalue weighted by Gasteiger charge is 2.24. The third kappa shape index (κ3) is 4.45. The molecule has 0 radical (unpaired) electrons. The lowest BCUT2D eigenvalue weighted by Crippen LogP contribution is -2.15. The summed E-state index contributed by atoms with van der Waals surface area (Å²) in [6, 6.07) is 4.91. The Morgan fingerprint density at radius 1 is 1.17 bits per heavy atom. The SMILES string of the molecule is CCOC(=O)c1[nH]c(C)c(C(=O)COC(=O)c2ccc(Cn3cccn3)o2)c1C. The lowest BCUT2D eigenvalue weighted by Gasteiger charge is -2.04. The molecule has 1 N–H and O–H groups in total. The summed E-state index contributed by atoms with van der Waals surface area (Å²) in [6.45, 7) is 5.12. The highest BCUT2D eigenvalue weighted by molar-refractivity contribution is 6.04. The summed E-state index contributed by atoms with van der Waals surface area (Å²) >= 11 is 0. The molecule has 3 rings (SSSR count). The number of furan rings is 1. The van der Waals surface area contributed by atoms with Gasteiger partial charge in [0, 0.05) is 23.7 Å². The molecule has 152 valence electrons. The molecular weight excluding hydrogens is 378 g/mol. The van der Waals surface area contributed by atoms with Crippen LogP contribution in [-0.2, 0) is 16.0 Å². The first-order chi connectivity index (χ1) is 13.9. The van der Waals surface area contributed by atoms with Gasteiger partial charge in [-0.25, -0.2) is 9.59 Å². The van der Waals surface area contributed by atoms with Crippen molar-refractivity contribution in [3.63, 3.8) is 0 Å². The number of H-pyrrole nitrogens is 1. The molecule has 0 saturated carbocycles. The normalized spacial score (nSPS) is 10.7. The van der Waals surface area contributed by atoms with E-state index in [0.717, 1.165) is 0 Å². The van der Waals surface area contributed by atoms with E-state index in [1.807, 2.05) is 0 Å². The van der Waals surface area contributed by atoms with Gasteiger partial charge in [-0.1, -0.05) is 0 Å². The van der Waals surface area contributed by atoms with E-state index in [1.165, 1.54) is 6.07 Å². The maximum Gasteiger partial charge on any atom is 0.374 e. The third-order valence-corrected chi connectivity index (χ3v) is 4.27. The molecule has 0 saturated heterocycles. The molecule has 0 fully saturated rings. The number of ether oxygens (including phenoxy) is 2. The van der Waals surface area contributed by atoms with Crippen LogP contribution < -0.4 is 0 Å². The molecule has 0 bridgehead atoms. The molecule has 0 spiro atoms. The second-order valence-electron chi connectivity index (χ2n) is 6.31. The summed E-state index contributed by atoms with van der Waals surface area (Å²) in [4.78, 5) is 39.5. The summed E-state index contributed by atoms with van der Waals surface area (Å²) in [7, 11) is 0. The third-order valence-electron chi connectivity index (χ3n) is 4.27. The van der Waals surface area contributed by atoms with E-state index in [-0.39, 0.29) is 18.1 Å². The fourth-order valence-corrected chi connectivity index (χ4v) is 2.98. The zero-order valence-electron chi connectivity index (χ0n) is 16.4. The molecule has 3 heterocycles. The molecule has 0 aliphatic rings. The van der Waals surface area contributed by atoms with Gasteiger partial charge in [-0.2, -0.15) is 5.10 Å². The molecular formula is C20H21N3O6. The number of Topliss-reactive ketones (excluding diaryl/α,β-unsaturated/α-hetero) is 1. The molecule has 0 aliphatic carbocycles. The summed E-state index contributed by atoms with van der Waals surface area (Å²) in [5, 5.41) is 4.06. The second kappa shape index (κ2) is 8.59. The van der Waals surface area contributed by atoms with Crippen LogP contribution in [0.2, 0.25) is 0 Å². The molecule has 9 heteroatoms. The molecule has 0 aliphatic heterocycles. The van der Waals surface area contributed by atoms with Gasteiger partial charge in [0.25, 0.3) is 0 Å². The van der Waals surface area contributed by atoms with Crippen LogP contribution in [0.5, 0.6) is 0 Å². The Bertz CT molecular complexity index is 1030. The van der Waals surface area contributed by atoms with Crippen LogP contribution in [0.1, 0.15) is 55.3 Å². The molecule has 9 nitrogen and oxygen atoms in total. The largest absolute Gasteiger partial charge is 0.461 e. The molecule has 3 aromatic heterocycles. The maximum atomic E-state index is 12.5. The van der Waals surface area contributed by atoms with E-state index in [9.17, 15) is 14.4 Å². The van der Waals surface area contributed by atoms with Gasteiger partial charge in [0.1, 0.15) is 11.5 Å². The fraction of sp³-hybridized carbons (Fsp3) is 0.300. The predicted octanol–water partition coefficient (Wildman–Crippen LogP) is 2.69. The Labute approximate surface area is 166 Å². The standard InChI is InChI=1S/C20H21N3O6/c1-4-27-20(26)18-12(2)17(13(3)22-18)15(24)11-28-19(25)16-7-6-14(29-16)10-23-9-5-8-21-23/h5-9,22H,4,10-11H2,1-3H3. The first-order valence-corrected chi connectivity index (χ1v) is 9.03. The number of hydrogen-bond donors (Lipinski definition) is 1. The van der Waals surface area contributed by atoms with Gasteiger partial charge in [-0.05, 0) is 44.5 Å². The lowest BCUT2D eigenvalue weighted by molar-refractivity contribution is 0.0441. The number of nitrogens with one attached hydrogen (secondary N) is 1. The van der Waals surface area contributed by atoms with Gasteiger partial charge in [0.05, 0.1) is 13.2 Å². The number of carbonyl (C=O) groups excluding carboxylic acids is 3. The first kappa shape index (κ1) is 20.1. The van der Waals surface area contributed by atoms with Gasteiger partial charge in [0.2, 0.25) is 11.5 Å². The Kier molecular flexibility index (Phi) is 5.96. The van der Waals surface area contributed by atoms with Crippen LogP contribution in [0.4, 0.5) is 0 Å². The van der Waals surface area contributed by atoms with Gasteiger partial charge >= 0.3 is 11.9 Å². The molecule has 0 aromatic carbocycles. The van der Waals surface area contributed by atoms with Crippen LogP contribution in [0.3, 0.4) is 0 Å². The summed E-state index contributed by atoms with van der Waals surface area (Å²) in [6.07, 6.45) is 3.41. The Hall–Kier alpha value is -3.62. The number of nitrogens with zero attached hydrogens (tertiary/aromatic N) is 2. The van der Waals surface area contributed by atoms with Crippen LogP contribution in [0, 0.1) is 13.8 Å². The Balaban J connectivity index is 1.63. The van der Waals surface area contributed by atoms with E-state index in [2.05, 4.69) is 10.1 Å². The lowest BCUT2D eigenvalue weighted by atomic mass is 10.1. The Morgan fingerprint density at radius 3 is 2.66 bits per heavy atom. The molecule has 29 heavy (non-hydrogen) atoms. The van der Waals surface area contributed by atoms with E-state index < -0.39 is 24.3 Å². The highest BCUT2D eigenvalue weighted by atomic mass is 16.5. The van der Waals surface area contributed by atoms with Crippen molar-refractivity contribution in [2.24, 2.45) is 0 Å². The van der Waals surface area contributed by atoms with Crippen molar-refractivity contribution in [3.8, 4) is 0 Å². The van der Waals surface area contributed by atoms with Crippen LogP contribution in [0.15, 0.2) is 35.0 Å². The Morgan fingerprint density at radius 2 is 1.97 bits per heavy atom. The summed E-state index contributed by atoms with van der Waals surface area (Å²) in [5.74, 6) is -1.19. The predicted molar refractivity (Wildman–Crippen MR) is 101 cm³/mol. The van der Waals surface area contributed by atoms with Gasteiger partial charge in [-0.15, -0.1) is 0 Å². The minimum atomic E-state index is -0.749. The molecule has 0 amide bonds. The quantitative estimate of drug-likeness (QED) is 0.457. The molecule has 0 unspecified atom stereocenters. The second-order valence-corrected chi connectivity index (χ2v) is 6.31. The number of aromatic nitrogens is 3. The van der Waals surface area contributed by atoms with Crippen molar-refractivity contribution in [1.82, 2.24) is 14.8 Å². The van der Waals surface area contributed by atoms with E-state index in [0.29, 0.717) is 29.1 Å². The van der Waals surface area contributed by atoms with Crippen LogP contribution in [0.25, 0.3) is 0 Å². The minimum Gasteiger partial charge on any atom is -0.461 e. The molecule has 3 aromatic rings. The average molecular weight is 399 g/mol. The number of hydrogen-bond acceptors (Lipinski definition) is 7. The van der Waals surface area contributed by atoms with Crippen molar-refractivity contribution in [3.05, 3.63) is 64.6 Å². The summed E-state index contributed by atoms with van der Waals surface area (Å²) in [5.41, 5.74) is 1.49. The van der Waals surface area contributed by atoms with Gasteiger partial charge in [-0.3, -0.25) is 9.48 Å². The molecule has 0 atom stereocenters. The number of carbonyl (C=O) groups is 3. The number of esters is 2. The van der Waals surface area contributed by atoms with Gasteiger partial charge < -0.3 is 18.9 Å². The average Bonchev–Trinajstić information content (AvgIpc) is 3.41. The minimum absolute atomic E-state index is 0.00492. The fourth-order valence-electron chi connectivity index (χ4n) is 2.98. The number of aromatic amines is 1. The highest BCUT2D eigenvalue weighted by Crippen LogP contribution is 2.20. The smallest absolute Gasteiger partial charge is 0.374 e. The first-order valence-electron chi connectivity index (χ1n) is 9.03. The van der Waals surface area contributed by atoms with Gasteiger partial charge in [0.15, 0.2) is 6.61 Å². The van der Waals surface area contributed by atoms with Crippen molar-refractivity contribution in [2.45, 2.75) is 27.3 Å². The zero-order chi connectivity index (χ0) is 21.0. The maximum absolute atomic E-state index is 12.5. The number of aryl methyl sites for hydroxylation is 1. The summed E-state index contributed by atoms with van der Waals surface area (Å²) < 4.78 is 17.2. The van der Waals surface area contributed by atoms with E-state index in [1.54, 1.807) is 50.0 Å². The van der Waals surface area contributed by atoms with E-state index >= 15 is 0 Å². The number of rotatable bonds is 8. The van der Waals surface area contributed by atoms with Crippen molar-refractivity contribution in [2.75, 3.05) is 13.2 Å². The topological polar surface area (TPSA) is 116 Å². The monoisotopic (exact) mass is 399 g/mol. The van der Waals surface area contributed by atoms with Crippen molar-refractivity contribution >= 4 is 17.7 Å². The van der Waals surface area contributed by atoms with Crippen LogP contribution >= 0.6 is 0 Å². The number of ketones is 1. The van der Waals surface area contributed by atoms with Crippen molar-refractivity contribution in [1.29, 1.82) is 0 Å². The zero-order valence-corrected chi connectivity index (χ0v) is 16.4. The van der Waals surface area contributed by atoms with E-state index in [4.69, 9.17) is 13.9 Å². The van der Waals surface area contributed by atoms with Crippen molar-refractivity contribution < 1.29 is 28.3 Å². The van der Waals surface area contributed by atoms with Crippen LogP contribution in [-0.4, -0.2) is 45.7 Å².